The van der Waals surface area contributed by atoms with Gasteiger partial charge in [0.25, 0.3) is 0 Å². The summed E-state index contributed by atoms with van der Waals surface area (Å²) in [5, 5.41) is 0. The first kappa shape index (κ1) is 62.4. The number of esters is 3. The van der Waals surface area contributed by atoms with Gasteiger partial charge in [-0.05, 0) is 37.0 Å². The molecule has 0 amide bonds. The van der Waals surface area contributed by atoms with E-state index in [0.717, 1.165) is 75.5 Å². The van der Waals surface area contributed by atoms with Gasteiger partial charge in [0.05, 0.1) is 0 Å². The van der Waals surface area contributed by atoms with E-state index in [9.17, 15) is 14.4 Å². The van der Waals surface area contributed by atoms with Gasteiger partial charge in [0.15, 0.2) is 6.10 Å². The highest BCUT2D eigenvalue weighted by atomic mass is 16.6. The number of unbranched alkanes of at least 4 members (excludes halogenated alkanes) is 33. The minimum Gasteiger partial charge on any atom is -0.462 e. The maximum absolute atomic E-state index is 12.8. The fraction of sp³-hybridized carbons (Fsp3) is 0.948. The average Bonchev–Trinajstić information content (AvgIpc) is 3.27. The second-order valence-corrected chi connectivity index (χ2v) is 21.1. The molecule has 0 aliphatic heterocycles. The first-order valence-corrected chi connectivity index (χ1v) is 28.6. The van der Waals surface area contributed by atoms with E-state index in [2.05, 4.69) is 41.5 Å². The van der Waals surface area contributed by atoms with Crippen molar-refractivity contribution < 1.29 is 28.6 Å². The highest BCUT2D eigenvalue weighted by Crippen LogP contribution is 2.19. The molecule has 0 bridgehead atoms. The van der Waals surface area contributed by atoms with Crippen LogP contribution in [0.4, 0.5) is 0 Å². The van der Waals surface area contributed by atoms with Gasteiger partial charge in [-0.3, -0.25) is 14.4 Å². The lowest BCUT2D eigenvalue weighted by atomic mass is 9.99. The van der Waals surface area contributed by atoms with Crippen LogP contribution in [0.1, 0.15) is 318 Å². The molecule has 0 saturated heterocycles. The molecule has 0 aromatic carbocycles. The van der Waals surface area contributed by atoms with E-state index in [1.165, 1.54) is 199 Å². The maximum atomic E-state index is 12.8. The minimum absolute atomic E-state index is 0.0637. The van der Waals surface area contributed by atoms with Crippen LogP contribution < -0.4 is 0 Å². The van der Waals surface area contributed by atoms with Crippen molar-refractivity contribution in [2.24, 2.45) is 17.8 Å². The Bertz CT molecular complexity index is 993. The molecule has 0 aliphatic rings. The lowest BCUT2D eigenvalue weighted by Gasteiger charge is -2.18. The van der Waals surface area contributed by atoms with E-state index in [-0.39, 0.29) is 31.1 Å². The molecule has 6 heteroatoms. The molecule has 0 fully saturated rings. The van der Waals surface area contributed by atoms with Gasteiger partial charge >= 0.3 is 17.9 Å². The summed E-state index contributed by atoms with van der Waals surface area (Å²) in [5.74, 6) is 1.70. The third-order valence-corrected chi connectivity index (χ3v) is 13.5. The van der Waals surface area contributed by atoms with Gasteiger partial charge in [0, 0.05) is 19.3 Å². The number of rotatable bonds is 51. The zero-order chi connectivity index (χ0) is 47.0. The van der Waals surface area contributed by atoms with Crippen LogP contribution in [-0.4, -0.2) is 37.2 Å². The average molecular weight is 906 g/mol. The van der Waals surface area contributed by atoms with Crippen LogP contribution in [0.3, 0.4) is 0 Å². The molecule has 0 radical (unpaired) electrons. The van der Waals surface area contributed by atoms with Gasteiger partial charge < -0.3 is 14.2 Å². The molecule has 2 atom stereocenters. The highest BCUT2D eigenvalue weighted by molar-refractivity contribution is 5.71. The SMILES string of the molecule is CCC(C)CCCCCCCCCCCCCCCCC(=O)OC[C@H](COC(=O)CCCCCCCCCCCCC(C)C)OC(=O)CCCCCCCCCCCCCCC(C)C. The van der Waals surface area contributed by atoms with Gasteiger partial charge in [-0.1, -0.05) is 279 Å². The molecule has 0 N–H and O–H groups in total. The third kappa shape index (κ3) is 49.8. The van der Waals surface area contributed by atoms with Crippen LogP contribution in [0.2, 0.25) is 0 Å². The van der Waals surface area contributed by atoms with Gasteiger partial charge in [-0.2, -0.15) is 0 Å². The zero-order valence-corrected chi connectivity index (χ0v) is 44.1. The Kier molecular flexibility index (Phi) is 48.1. The molecule has 380 valence electrons. The van der Waals surface area contributed by atoms with E-state index < -0.39 is 6.10 Å². The monoisotopic (exact) mass is 905 g/mol. The first-order chi connectivity index (χ1) is 31.1. The van der Waals surface area contributed by atoms with Crippen molar-refractivity contribution >= 4 is 17.9 Å². The van der Waals surface area contributed by atoms with Gasteiger partial charge in [-0.15, -0.1) is 0 Å². The number of ether oxygens (including phenoxy) is 3. The molecule has 0 aliphatic carbocycles. The quantitative estimate of drug-likeness (QED) is 0.0344. The predicted octanol–water partition coefficient (Wildman–Crippen LogP) is 18.7. The zero-order valence-electron chi connectivity index (χ0n) is 44.1. The molecule has 0 aromatic rings. The van der Waals surface area contributed by atoms with Crippen molar-refractivity contribution in [2.75, 3.05) is 13.2 Å². The van der Waals surface area contributed by atoms with E-state index in [1.54, 1.807) is 0 Å². The first-order valence-electron chi connectivity index (χ1n) is 28.6. The largest absolute Gasteiger partial charge is 0.462 e. The summed E-state index contributed by atoms with van der Waals surface area (Å²) in [6, 6.07) is 0. The van der Waals surface area contributed by atoms with Crippen LogP contribution in [0.25, 0.3) is 0 Å². The smallest absolute Gasteiger partial charge is 0.306 e. The molecule has 1 unspecified atom stereocenters. The Morgan fingerprint density at radius 3 is 0.812 bits per heavy atom. The molecule has 0 aromatic heterocycles. The Hall–Kier alpha value is -1.59. The second-order valence-electron chi connectivity index (χ2n) is 21.1. The van der Waals surface area contributed by atoms with Crippen molar-refractivity contribution in [1.29, 1.82) is 0 Å². The summed E-state index contributed by atoms with van der Waals surface area (Å²) in [6.07, 6.45) is 50.9. The Balaban J connectivity index is 4.30. The summed E-state index contributed by atoms with van der Waals surface area (Å²) in [7, 11) is 0. The Labute approximate surface area is 399 Å². The summed E-state index contributed by atoms with van der Waals surface area (Å²) in [6.45, 7) is 13.8. The molecule has 0 heterocycles. The number of carbonyl (C=O) groups is 3. The summed E-state index contributed by atoms with van der Waals surface area (Å²) in [5.41, 5.74) is 0. The highest BCUT2D eigenvalue weighted by Gasteiger charge is 2.19. The molecule has 64 heavy (non-hydrogen) atoms. The normalized spacial score (nSPS) is 12.6. The van der Waals surface area contributed by atoms with Crippen LogP contribution in [0, 0.1) is 17.8 Å². The molecule has 6 nitrogen and oxygen atoms in total. The van der Waals surface area contributed by atoms with Crippen molar-refractivity contribution in [3.05, 3.63) is 0 Å². The van der Waals surface area contributed by atoms with Crippen LogP contribution in [0.15, 0.2) is 0 Å². The van der Waals surface area contributed by atoms with E-state index >= 15 is 0 Å². The molecular formula is C58H112O6. The topological polar surface area (TPSA) is 78.9 Å². The van der Waals surface area contributed by atoms with Crippen molar-refractivity contribution in [2.45, 2.75) is 324 Å². The number of hydrogen-bond donors (Lipinski definition) is 0. The Morgan fingerprint density at radius 2 is 0.547 bits per heavy atom. The van der Waals surface area contributed by atoms with E-state index in [0.29, 0.717) is 19.3 Å². The summed E-state index contributed by atoms with van der Waals surface area (Å²) < 4.78 is 16.9. The fourth-order valence-corrected chi connectivity index (χ4v) is 8.79. The lowest BCUT2D eigenvalue weighted by molar-refractivity contribution is -0.167. The molecule has 0 spiro atoms. The van der Waals surface area contributed by atoms with Crippen molar-refractivity contribution in [1.82, 2.24) is 0 Å². The standard InChI is InChI=1S/C58H112O6/c1-7-54(6)46-40-34-28-22-15-10-8-9-11-16-23-29-35-41-47-56(59)62-50-55(51-63-57(60)48-42-36-30-24-19-18-21-27-33-39-45-53(4)5)64-58(61)49-43-37-31-25-17-13-12-14-20-26-32-38-44-52(2)3/h52-55H,7-51H2,1-6H3/t54?,55-/m1/s1. The number of carbonyl (C=O) groups excluding carboxylic acids is 3. The lowest BCUT2D eigenvalue weighted by Crippen LogP contribution is -2.30. The summed E-state index contributed by atoms with van der Waals surface area (Å²) in [4.78, 5) is 38.1. The molecular weight excluding hydrogens is 793 g/mol. The van der Waals surface area contributed by atoms with Gasteiger partial charge in [0.2, 0.25) is 0 Å². The van der Waals surface area contributed by atoms with Crippen LogP contribution >= 0.6 is 0 Å². The van der Waals surface area contributed by atoms with Crippen molar-refractivity contribution in [3.63, 3.8) is 0 Å². The van der Waals surface area contributed by atoms with E-state index in [1.807, 2.05) is 0 Å². The van der Waals surface area contributed by atoms with Gasteiger partial charge in [0.1, 0.15) is 13.2 Å². The fourth-order valence-electron chi connectivity index (χ4n) is 8.79. The van der Waals surface area contributed by atoms with Crippen LogP contribution in [-0.2, 0) is 28.6 Å². The third-order valence-electron chi connectivity index (χ3n) is 13.5. The molecule has 0 rings (SSSR count). The Morgan fingerprint density at radius 1 is 0.312 bits per heavy atom. The summed E-state index contributed by atoms with van der Waals surface area (Å²) >= 11 is 0. The van der Waals surface area contributed by atoms with Gasteiger partial charge in [-0.25, -0.2) is 0 Å². The minimum atomic E-state index is -0.763. The molecule has 0 saturated carbocycles. The predicted molar refractivity (Wildman–Crippen MR) is 275 cm³/mol. The maximum Gasteiger partial charge on any atom is 0.306 e. The number of hydrogen-bond acceptors (Lipinski definition) is 6. The van der Waals surface area contributed by atoms with Crippen molar-refractivity contribution in [3.8, 4) is 0 Å². The second kappa shape index (κ2) is 49.3. The van der Waals surface area contributed by atoms with E-state index in [4.69, 9.17) is 14.2 Å². The van der Waals surface area contributed by atoms with Crippen LogP contribution in [0.5, 0.6) is 0 Å².